The highest BCUT2D eigenvalue weighted by molar-refractivity contribution is 7.33. The average Bonchev–Trinajstić information content (AvgIpc) is 1.65. The highest BCUT2D eigenvalue weighted by Gasteiger charge is 2.19. The summed E-state index contributed by atoms with van der Waals surface area (Å²) in [6, 6.07) is 0. The van der Waals surface area contributed by atoms with E-state index in [4.69, 9.17) is 0 Å². The fourth-order valence-electron chi connectivity index (χ4n) is 0.692. The molecule has 0 aromatic heterocycles. The van der Waals surface area contributed by atoms with E-state index in [0.717, 1.165) is 22.0 Å². The molecule has 8 heavy (non-hydrogen) atoms. The summed E-state index contributed by atoms with van der Waals surface area (Å²) >= 11 is 0. The van der Waals surface area contributed by atoms with Gasteiger partial charge in [-0.05, 0) is 5.41 Å². The van der Waals surface area contributed by atoms with Gasteiger partial charge in [-0.1, -0.05) is 13.8 Å². The molecule has 1 rings (SSSR count). The molecule has 0 atom stereocenters. The van der Waals surface area contributed by atoms with E-state index in [1.54, 1.807) is 0 Å². The van der Waals surface area contributed by atoms with Gasteiger partial charge in [0.25, 0.3) is 0 Å². The number of hydrogen-bond acceptors (Lipinski definition) is 2. The van der Waals surface area contributed by atoms with Crippen LogP contribution in [0.2, 0.25) is 0 Å². The molecule has 0 saturated carbocycles. The van der Waals surface area contributed by atoms with Crippen molar-refractivity contribution in [3.05, 3.63) is 0 Å². The van der Waals surface area contributed by atoms with Gasteiger partial charge in [0.05, 0.1) is 0 Å². The summed E-state index contributed by atoms with van der Waals surface area (Å²) in [4.78, 5) is 0. The van der Waals surface area contributed by atoms with Gasteiger partial charge in [0, 0.05) is 22.0 Å². The molecule has 0 aromatic carbocycles. The van der Waals surface area contributed by atoms with E-state index in [-0.39, 0.29) is 0 Å². The van der Waals surface area contributed by atoms with Crippen LogP contribution in [0.15, 0.2) is 0 Å². The van der Waals surface area contributed by atoms with Crippen LogP contribution in [0.3, 0.4) is 0 Å². The molecule has 1 heterocycles. The molecule has 2 N–H and O–H groups in total. The topological polar surface area (TPSA) is 24.1 Å². The second kappa shape index (κ2) is 2.30. The van der Waals surface area contributed by atoms with Crippen LogP contribution in [0.1, 0.15) is 13.8 Å². The minimum Gasteiger partial charge on any atom is -0.286 e. The molecule has 3 heteroatoms. The van der Waals surface area contributed by atoms with Gasteiger partial charge in [0.15, 0.2) is 0 Å². The van der Waals surface area contributed by atoms with E-state index >= 15 is 0 Å². The van der Waals surface area contributed by atoms with Crippen molar-refractivity contribution in [3.63, 3.8) is 0 Å². The van der Waals surface area contributed by atoms with Gasteiger partial charge >= 0.3 is 0 Å². The lowest BCUT2D eigenvalue weighted by molar-refractivity contribution is 0.354. The van der Waals surface area contributed by atoms with Crippen LogP contribution in [0.25, 0.3) is 0 Å². The summed E-state index contributed by atoms with van der Waals surface area (Å²) in [6.45, 7) is 6.82. The van der Waals surface area contributed by atoms with Crippen LogP contribution >= 0.6 is 8.88 Å². The molecule has 1 saturated heterocycles. The minimum absolute atomic E-state index is 0.464. The molecule has 0 aromatic rings. The zero-order chi connectivity index (χ0) is 6.04. The van der Waals surface area contributed by atoms with E-state index in [2.05, 4.69) is 24.0 Å². The first-order valence-electron chi connectivity index (χ1n) is 2.91. The Morgan fingerprint density at radius 1 is 1.25 bits per heavy atom. The van der Waals surface area contributed by atoms with Crippen LogP contribution in [0, 0.1) is 5.41 Å². The monoisotopic (exact) mass is 132 g/mol. The maximum atomic E-state index is 3.29. The van der Waals surface area contributed by atoms with Gasteiger partial charge in [0.2, 0.25) is 0 Å². The fraction of sp³-hybridized carbons (Fsp3) is 1.00. The van der Waals surface area contributed by atoms with Crippen molar-refractivity contribution in [1.29, 1.82) is 0 Å². The lowest BCUT2D eigenvalue weighted by atomic mass is 9.94. The first kappa shape index (κ1) is 6.47. The van der Waals surface area contributed by atoms with Crippen molar-refractivity contribution in [3.8, 4) is 0 Å². The zero-order valence-electron chi connectivity index (χ0n) is 5.41. The normalized spacial score (nSPS) is 27.8. The number of nitrogens with one attached hydrogen (secondary N) is 2. The highest BCUT2D eigenvalue weighted by atomic mass is 31.1. The molecule has 48 valence electrons. The van der Waals surface area contributed by atoms with Crippen molar-refractivity contribution in [1.82, 2.24) is 10.2 Å². The van der Waals surface area contributed by atoms with Gasteiger partial charge in [-0.15, -0.1) is 0 Å². The third kappa shape index (κ3) is 1.70. The minimum atomic E-state index is 0.464. The van der Waals surface area contributed by atoms with Gasteiger partial charge in [-0.2, -0.15) is 0 Å². The quantitative estimate of drug-likeness (QED) is 0.474. The fourth-order valence-corrected chi connectivity index (χ4v) is 1.95. The summed E-state index contributed by atoms with van der Waals surface area (Å²) in [5.74, 6) is 0. The zero-order valence-corrected chi connectivity index (χ0v) is 6.41. The summed E-state index contributed by atoms with van der Waals surface area (Å²) in [7, 11) is 0.768. The van der Waals surface area contributed by atoms with E-state index in [0.29, 0.717) is 5.41 Å². The predicted octanol–water partition coefficient (Wildman–Crippen LogP) is 0.714. The Kier molecular flexibility index (Phi) is 1.86. The van der Waals surface area contributed by atoms with Crippen LogP contribution in [0.5, 0.6) is 0 Å². The molecule has 1 fully saturated rings. The second-order valence-electron chi connectivity index (χ2n) is 3.00. The van der Waals surface area contributed by atoms with Crippen LogP contribution < -0.4 is 10.2 Å². The first-order valence-corrected chi connectivity index (χ1v) is 3.91. The lowest BCUT2D eigenvalue weighted by Gasteiger charge is -2.30. The van der Waals surface area contributed by atoms with Gasteiger partial charge < -0.3 is 0 Å². The smallest absolute Gasteiger partial charge is 0.0184 e. The Morgan fingerprint density at radius 2 is 1.75 bits per heavy atom. The molecule has 1 aliphatic rings. The molecule has 0 radical (unpaired) electrons. The molecular weight excluding hydrogens is 119 g/mol. The van der Waals surface area contributed by atoms with Crippen molar-refractivity contribution >= 4 is 8.88 Å². The molecule has 0 spiro atoms. The Morgan fingerprint density at radius 3 is 2.00 bits per heavy atom. The van der Waals surface area contributed by atoms with E-state index in [1.807, 2.05) is 0 Å². The number of hydrogen-bond donors (Lipinski definition) is 2. The van der Waals surface area contributed by atoms with Crippen molar-refractivity contribution in [2.24, 2.45) is 5.41 Å². The molecule has 0 bridgehead atoms. The Hall–Kier alpha value is 0.350. The molecule has 0 aliphatic carbocycles. The van der Waals surface area contributed by atoms with Gasteiger partial charge in [0.1, 0.15) is 0 Å². The van der Waals surface area contributed by atoms with Crippen molar-refractivity contribution in [2.45, 2.75) is 13.8 Å². The molecule has 2 nitrogen and oxygen atoms in total. The SMILES string of the molecule is CC1(C)CNPNC1. The molecular formula is C5H13N2P. The van der Waals surface area contributed by atoms with Crippen LogP contribution in [0.4, 0.5) is 0 Å². The Labute approximate surface area is 52.3 Å². The summed E-state index contributed by atoms with van der Waals surface area (Å²) in [5.41, 5.74) is 0.464. The largest absolute Gasteiger partial charge is 0.286 e. The predicted molar refractivity (Wildman–Crippen MR) is 38.1 cm³/mol. The lowest BCUT2D eigenvalue weighted by Crippen LogP contribution is -2.39. The molecule has 0 unspecified atom stereocenters. The third-order valence-electron chi connectivity index (χ3n) is 1.31. The second-order valence-corrected chi connectivity index (χ2v) is 3.95. The Balaban J connectivity index is 2.33. The number of rotatable bonds is 0. The first-order chi connectivity index (χ1) is 3.71. The van der Waals surface area contributed by atoms with E-state index < -0.39 is 0 Å². The van der Waals surface area contributed by atoms with Crippen LogP contribution in [-0.4, -0.2) is 13.1 Å². The summed E-state index contributed by atoms with van der Waals surface area (Å²) in [6.07, 6.45) is 0. The molecule has 0 amide bonds. The van der Waals surface area contributed by atoms with Gasteiger partial charge in [-0.3, -0.25) is 10.2 Å². The third-order valence-corrected chi connectivity index (χ3v) is 2.02. The highest BCUT2D eigenvalue weighted by Crippen LogP contribution is 2.19. The Bertz CT molecular complexity index is 74.5. The van der Waals surface area contributed by atoms with E-state index in [1.165, 1.54) is 0 Å². The van der Waals surface area contributed by atoms with Crippen molar-refractivity contribution < 1.29 is 0 Å². The molecule has 1 aliphatic heterocycles. The average molecular weight is 132 g/mol. The maximum absolute atomic E-state index is 3.29. The maximum Gasteiger partial charge on any atom is 0.0184 e. The van der Waals surface area contributed by atoms with E-state index in [9.17, 15) is 0 Å². The van der Waals surface area contributed by atoms with Gasteiger partial charge in [-0.25, -0.2) is 0 Å². The summed E-state index contributed by atoms with van der Waals surface area (Å²) < 4.78 is 0. The standard InChI is InChI=1S/C5H13N2P/c1-5(2)3-6-8-7-4-5/h6-8H,3-4H2,1-2H3. The van der Waals surface area contributed by atoms with Crippen LogP contribution in [-0.2, 0) is 0 Å². The van der Waals surface area contributed by atoms with Crippen molar-refractivity contribution in [2.75, 3.05) is 13.1 Å². The summed E-state index contributed by atoms with van der Waals surface area (Å²) in [5, 5.41) is 6.58.